The normalized spacial score (nSPS) is 11.2. The van der Waals surface area contributed by atoms with Crippen LogP contribution in [0.4, 0.5) is 23.2 Å². The minimum atomic E-state index is -5.01. The van der Waals surface area contributed by atoms with Crippen molar-refractivity contribution < 1.29 is 27.1 Å². The Morgan fingerprint density at radius 2 is 2.06 bits per heavy atom. The lowest BCUT2D eigenvalue weighted by Crippen LogP contribution is -2.30. The van der Waals surface area contributed by atoms with Crippen molar-refractivity contribution in [3.05, 3.63) is 22.4 Å². The van der Waals surface area contributed by atoms with E-state index in [1.54, 1.807) is 12.2 Å². The topological polar surface area (TPSA) is 38.3 Å². The lowest BCUT2D eigenvalue weighted by molar-refractivity contribution is -0.167. The van der Waals surface area contributed by atoms with Crippen molar-refractivity contribution in [3.8, 4) is 5.75 Å². The lowest BCUT2D eigenvalue weighted by Gasteiger charge is -2.12. The maximum absolute atomic E-state index is 13.3. The van der Waals surface area contributed by atoms with Crippen molar-refractivity contribution in [2.75, 3.05) is 11.9 Å². The fraction of sp³-hybridized carbons (Fsp3) is 0.300. The van der Waals surface area contributed by atoms with Gasteiger partial charge in [0.25, 0.3) is 0 Å². The van der Waals surface area contributed by atoms with Crippen LogP contribution in [0.5, 0.6) is 5.75 Å². The molecule has 0 bridgehead atoms. The molecule has 0 unspecified atom stereocenters. The highest BCUT2D eigenvalue weighted by Gasteiger charge is 2.39. The third-order valence-electron chi connectivity index (χ3n) is 1.83. The van der Waals surface area contributed by atoms with E-state index < -0.39 is 17.9 Å². The summed E-state index contributed by atoms with van der Waals surface area (Å²) >= 11 is 2.85. The molecule has 0 aromatic heterocycles. The maximum Gasteiger partial charge on any atom is 0.471 e. The molecule has 1 N–H and O–H groups in total. The van der Waals surface area contributed by atoms with Crippen molar-refractivity contribution in [3.63, 3.8) is 0 Å². The van der Waals surface area contributed by atoms with Gasteiger partial charge in [0, 0.05) is 10.5 Å². The largest absolute Gasteiger partial charge is 0.491 e. The molecule has 8 heteroatoms. The Hall–Kier alpha value is -1.31. The molecule has 1 aromatic rings. The molecular formula is C10H8BrF4NO2. The molecule has 0 atom stereocenters. The van der Waals surface area contributed by atoms with Crippen LogP contribution in [0, 0.1) is 5.82 Å². The van der Waals surface area contributed by atoms with Gasteiger partial charge in [-0.15, -0.1) is 0 Å². The number of carbonyl (C=O) groups excluding carboxylic acids is 1. The third-order valence-corrected chi connectivity index (χ3v) is 2.48. The van der Waals surface area contributed by atoms with Crippen LogP contribution in [0.25, 0.3) is 0 Å². The summed E-state index contributed by atoms with van der Waals surface area (Å²) in [7, 11) is 0. The van der Waals surface area contributed by atoms with Crippen molar-refractivity contribution in [2.24, 2.45) is 0 Å². The Bertz CT molecular complexity index is 462. The van der Waals surface area contributed by atoms with Crippen LogP contribution in [0.1, 0.15) is 6.92 Å². The second-order valence-corrected chi connectivity index (χ2v) is 4.00. The zero-order chi connectivity index (χ0) is 13.9. The van der Waals surface area contributed by atoms with Gasteiger partial charge in [0.2, 0.25) is 0 Å². The third kappa shape index (κ3) is 3.59. The number of hydrogen-bond acceptors (Lipinski definition) is 2. The minimum absolute atomic E-state index is 0.0129. The number of ether oxygens (including phenoxy) is 1. The number of hydrogen-bond donors (Lipinski definition) is 1. The number of carbonyl (C=O) groups is 1. The van der Waals surface area contributed by atoms with E-state index >= 15 is 0 Å². The Morgan fingerprint density at radius 3 is 2.56 bits per heavy atom. The molecule has 1 rings (SSSR count). The fourth-order valence-electron chi connectivity index (χ4n) is 1.08. The SMILES string of the molecule is CCOc1cc(NC(=O)C(F)(F)F)c(Br)cc1F. The van der Waals surface area contributed by atoms with E-state index in [2.05, 4.69) is 15.9 Å². The number of amides is 1. The van der Waals surface area contributed by atoms with Gasteiger partial charge in [0.15, 0.2) is 11.6 Å². The van der Waals surface area contributed by atoms with E-state index in [1.807, 2.05) is 0 Å². The van der Waals surface area contributed by atoms with E-state index in [4.69, 9.17) is 4.74 Å². The molecule has 1 aromatic carbocycles. The summed E-state index contributed by atoms with van der Waals surface area (Å²) in [5, 5.41) is 1.62. The number of rotatable bonds is 3. The van der Waals surface area contributed by atoms with Gasteiger partial charge in [0.05, 0.1) is 12.3 Å². The highest BCUT2D eigenvalue weighted by atomic mass is 79.9. The molecule has 0 heterocycles. The Labute approximate surface area is 108 Å². The first kappa shape index (κ1) is 14.7. The second kappa shape index (κ2) is 5.55. The zero-order valence-electron chi connectivity index (χ0n) is 9.07. The predicted octanol–water partition coefficient (Wildman–Crippen LogP) is 3.49. The molecule has 0 aliphatic heterocycles. The number of anilines is 1. The Morgan fingerprint density at radius 1 is 1.44 bits per heavy atom. The van der Waals surface area contributed by atoms with Gasteiger partial charge in [-0.1, -0.05) is 0 Å². The highest BCUT2D eigenvalue weighted by Crippen LogP contribution is 2.31. The molecule has 100 valence electrons. The molecule has 0 aliphatic rings. The Kier molecular flexibility index (Phi) is 4.55. The molecule has 0 aliphatic carbocycles. The van der Waals surface area contributed by atoms with Gasteiger partial charge in [-0.2, -0.15) is 13.2 Å². The number of nitrogens with one attached hydrogen (secondary N) is 1. The first-order valence-corrected chi connectivity index (χ1v) is 5.55. The smallest absolute Gasteiger partial charge is 0.471 e. The van der Waals surface area contributed by atoms with Crippen molar-refractivity contribution >= 4 is 27.5 Å². The monoisotopic (exact) mass is 329 g/mol. The molecule has 0 spiro atoms. The fourth-order valence-corrected chi connectivity index (χ4v) is 1.50. The van der Waals surface area contributed by atoms with Crippen LogP contribution in [-0.2, 0) is 4.79 Å². The van der Waals surface area contributed by atoms with Crippen molar-refractivity contribution in [1.29, 1.82) is 0 Å². The van der Waals surface area contributed by atoms with E-state index in [0.717, 1.165) is 12.1 Å². The number of halogens is 5. The number of benzene rings is 1. The van der Waals surface area contributed by atoms with Crippen LogP contribution in [-0.4, -0.2) is 18.7 Å². The predicted molar refractivity (Wildman–Crippen MR) is 60.0 cm³/mol. The second-order valence-electron chi connectivity index (χ2n) is 3.15. The molecule has 0 saturated heterocycles. The molecular weight excluding hydrogens is 322 g/mol. The summed E-state index contributed by atoms with van der Waals surface area (Å²) < 4.78 is 54.3. The lowest BCUT2D eigenvalue weighted by atomic mass is 10.3. The molecule has 18 heavy (non-hydrogen) atoms. The highest BCUT2D eigenvalue weighted by molar-refractivity contribution is 9.10. The molecule has 0 saturated carbocycles. The van der Waals surface area contributed by atoms with Gasteiger partial charge < -0.3 is 10.1 Å². The average Bonchev–Trinajstić information content (AvgIpc) is 2.23. The van der Waals surface area contributed by atoms with Gasteiger partial charge in [-0.3, -0.25) is 4.79 Å². The van der Waals surface area contributed by atoms with Crippen LogP contribution < -0.4 is 10.1 Å². The van der Waals surface area contributed by atoms with Crippen LogP contribution in [0.2, 0.25) is 0 Å². The van der Waals surface area contributed by atoms with Crippen LogP contribution >= 0.6 is 15.9 Å². The van der Waals surface area contributed by atoms with Crippen molar-refractivity contribution in [1.82, 2.24) is 0 Å². The van der Waals surface area contributed by atoms with Gasteiger partial charge >= 0.3 is 12.1 Å². The van der Waals surface area contributed by atoms with E-state index in [-0.39, 0.29) is 22.5 Å². The Balaban J connectivity index is 3.02. The summed E-state index contributed by atoms with van der Waals surface area (Å²) in [6.45, 7) is 1.74. The first-order chi connectivity index (χ1) is 8.25. The summed E-state index contributed by atoms with van der Waals surface area (Å²) in [6.07, 6.45) is -5.01. The molecule has 1 amide bonds. The molecule has 3 nitrogen and oxygen atoms in total. The quantitative estimate of drug-likeness (QED) is 0.862. The molecule has 0 radical (unpaired) electrons. The standard InChI is InChI=1S/C10H8BrF4NO2/c1-2-18-8-4-7(5(11)3-6(8)12)16-9(17)10(13,14)15/h3-4H,2H2,1H3,(H,16,17). The van der Waals surface area contributed by atoms with Gasteiger partial charge in [0.1, 0.15) is 0 Å². The summed E-state index contributed by atoms with van der Waals surface area (Å²) in [6, 6.07) is 1.89. The van der Waals surface area contributed by atoms with Crippen molar-refractivity contribution in [2.45, 2.75) is 13.1 Å². The van der Waals surface area contributed by atoms with E-state index in [0.29, 0.717) is 0 Å². The summed E-state index contributed by atoms with van der Waals surface area (Å²) in [5.41, 5.74) is -0.220. The van der Waals surface area contributed by atoms with Crippen LogP contribution in [0.15, 0.2) is 16.6 Å². The van der Waals surface area contributed by atoms with Gasteiger partial charge in [-0.25, -0.2) is 4.39 Å². The summed E-state index contributed by atoms with van der Waals surface area (Å²) in [5.74, 6) is -3.12. The molecule has 0 fully saturated rings. The van der Waals surface area contributed by atoms with E-state index in [9.17, 15) is 22.4 Å². The first-order valence-electron chi connectivity index (χ1n) is 4.75. The average molecular weight is 330 g/mol. The van der Waals surface area contributed by atoms with Crippen LogP contribution in [0.3, 0.4) is 0 Å². The van der Waals surface area contributed by atoms with Gasteiger partial charge in [-0.05, 0) is 28.9 Å². The maximum atomic E-state index is 13.3. The number of alkyl halides is 3. The minimum Gasteiger partial charge on any atom is -0.491 e. The van der Waals surface area contributed by atoms with E-state index in [1.165, 1.54) is 0 Å². The summed E-state index contributed by atoms with van der Waals surface area (Å²) in [4.78, 5) is 10.7. The zero-order valence-corrected chi connectivity index (χ0v) is 10.7.